The second-order valence-electron chi connectivity index (χ2n) is 5.21. The Morgan fingerprint density at radius 3 is 2.65 bits per heavy atom. The Labute approximate surface area is 118 Å². The molecule has 1 fully saturated rings. The summed E-state index contributed by atoms with van der Waals surface area (Å²) in [7, 11) is 0. The van der Waals surface area contributed by atoms with Gasteiger partial charge in [-0.2, -0.15) is 0 Å². The van der Waals surface area contributed by atoms with Crippen LogP contribution < -0.4 is 0 Å². The molecule has 0 radical (unpaired) electrons. The van der Waals surface area contributed by atoms with Gasteiger partial charge in [-0.15, -0.1) is 0 Å². The molecule has 1 amide bonds. The standard InChI is InChI=1S/C14H18N4O2/c1-14(16-17-15)7-9-18(10-8-14)13(19)20-11-12-5-3-2-4-6-12/h2-6H,7-11H2,1H3. The van der Waals surface area contributed by atoms with E-state index in [1.807, 2.05) is 37.3 Å². The SMILES string of the molecule is CC1(N=[N+]=[N-])CCN(C(=O)OCc2ccccc2)CC1. The fourth-order valence-corrected chi connectivity index (χ4v) is 2.19. The Morgan fingerprint density at radius 2 is 2.05 bits per heavy atom. The molecule has 0 bridgehead atoms. The summed E-state index contributed by atoms with van der Waals surface area (Å²) < 4.78 is 5.28. The normalized spacial score (nSPS) is 17.1. The number of piperidine rings is 1. The summed E-state index contributed by atoms with van der Waals surface area (Å²) in [5, 5.41) is 3.80. The summed E-state index contributed by atoms with van der Waals surface area (Å²) in [6, 6.07) is 9.58. The van der Waals surface area contributed by atoms with Crippen LogP contribution in [0.3, 0.4) is 0 Å². The first-order chi connectivity index (χ1) is 9.63. The first-order valence-corrected chi connectivity index (χ1v) is 6.65. The summed E-state index contributed by atoms with van der Waals surface area (Å²) in [5.41, 5.74) is 9.11. The highest BCUT2D eigenvalue weighted by Crippen LogP contribution is 2.26. The highest BCUT2D eigenvalue weighted by Gasteiger charge is 2.31. The van der Waals surface area contributed by atoms with Crippen LogP contribution in [0.25, 0.3) is 10.4 Å². The van der Waals surface area contributed by atoms with Gasteiger partial charge in [0.05, 0.1) is 0 Å². The number of benzene rings is 1. The van der Waals surface area contributed by atoms with E-state index in [9.17, 15) is 4.79 Å². The van der Waals surface area contributed by atoms with Gasteiger partial charge < -0.3 is 9.64 Å². The van der Waals surface area contributed by atoms with Crippen molar-refractivity contribution in [3.8, 4) is 0 Å². The fourth-order valence-electron chi connectivity index (χ4n) is 2.19. The number of hydrogen-bond acceptors (Lipinski definition) is 3. The molecule has 0 atom stereocenters. The lowest BCUT2D eigenvalue weighted by Gasteiger charge is -2.35. The number of ether oxygens (including phenoxy) is 1. The van der Waals surface area contributed by atoms with Crippen molar-refractivity contribution < 1.29 is 9.53 Å². The molecular weight excluding hydrogens is 256 g/mol. The average molecular weight is 274 g/mol. The van der Waals surface area contributed by atoms with E-state index in [2.05, 4.69) is 10.0 Å². The second kappa shape index (κ2) is 6.30. The van der Waals surface area contributed by atoms with Gasteiger partial charge in [-0.3, -0.25) is 0 Å². The zero-order valence-corrected chi connectivity index (χ0v) is 11.5. The molecule has 106 valence electrons. The Balaban J connectivity index is 1.82. The third kappa shape index (κ3) is 3.65. The lowest BCUT2D eigenvalue weighted by molar-refractivity contribution is 0.0803. The maximum absolute atomic E-state index is 11.9. The number of azide groups is 1. The van der Waals surface area contributed by atoms with E-state index < -0.39 is 0 Å². The monoisotopic (exact) mass is 274 g/mol. The summed E-state index contributed by atoms with van der Waals surface area (Å²) in [5.74, 6) is 0. The molecule has 0 unspecified atom stereocenters. The Hall–Kier alpha value is -2.20. The van der Waals surface area contributed by atoms with Crippen LogP contribution in [0.1, 0.15) is 25.3 Å². The Morgan fingerprint density at radius 1 is 1.40 bits per heavy atom. The third-order valence-corrected chi connectivity index (χ3v) is 3.59. The van der Waals surface area contributed by atoms with Crippen molar-refractivity contribution >= 4 is 6.09 Å². The molecule has 1 aromatic rings. The number of amides is 1. The van der Waals surface area contributed by atoms with Crippen molar-refractivity contribution in [3.05, 3.63) is 46.3 Å². The molecule has 0 spiro atoms. The van der Waals surface area contributed by atoms with Crippen LogP contribution in [-0.2, 0) is 11.3 Å². The molecule has 6 heteroatoms. The summed E-state index contributed by atoms with van der Waals surface area (Å²) >= 11 is 0. The van der Waals surface area contributed by atoms with E-state index in [1.54, 1.807) is 4.90 Å². The minimum absolute atomic E-state index is 0.282. The molecule has 0 N–H and O–H groups in total. The van der Waals surface area contributed by atoms with Gasteiger partial charge in [-0.25, -0.2) is 4.79 Å². The van der Waals surface area contributed by atoms with Crippen LogP contribution in [0.4, 0.5) is 4.79 Å². The zero-order valence-electron chi connectivity index (χ0n) is 11.5. The van der Waals surface area contributed by atoms with Crippen molar-refractivity contribution in [3.63, 3.8) is 0 Å². The van der Waals surface area contributed by atoms with Crippen molar-refractivity contribution in [2.75, 3.05) is 13.1 Å². The van der Waals surface area contributed by atoms with E-state index in [0.717, 1.165) is 5.56 Å². The Kier molecular flexibility index (Phi) is 4.48. The first kappa shape index (κ1) is 14.2. The van der Waals surface area contributed by atoms with Gasteiger partial charge in [-0.1, -0.05) is 42.4 Å². The smallest absolute Gasteiger partial charge is 0.410 e. The Bertz CT molecular complexity index is 503. The molecule has 20 heavy (non-hydrogen) atoms. The lowest BCUT2D eigenvalue weighted by atomic mass is 9.91. The molecule has 0 aromatic heterocycles. The molecule has 1 heterocycles. The van der Waals surface area contributed by atoms with Gasteiger partial charge in [0, 0.05) is 23.5 Å². The van der Waals surface area contributed by atoms with Crippen molar-refractivity contribution in [1.29, 1.82) is 0 Å². The first-order valence-electron chi connectivity index (χ1n) is 6.65. The molecule has 0 saturated carbocycles. The van der Waals surface area contributed by atoms with E-state index in [4.69, 9.17) is 10.3 Å². The molecule has 1 aliphatic heterocycles. The number of rotatable bonds is 3. The summed E-state index contributed by atoms with van der Waals surface area (Å²) in [4.78, 5) is 16.5. The minimum atomic E-state index is -0.384. The van der Waals surface area contributed by atoms with Crippen LogP contribution >= 0.6 is 0 Å². The molecule has 6 nitrogen and oxygen atoms in total. The molecule has 1 saturated heterocycles. The molecule has 2 rings (SSSR count). The van der Waals surface area contributed by atoms with Crippen LogP contribution in [0.5, 0.6) is 0 Å². The average Bonchev–Trinajstić information content (AvgIpc) is 2.47. The largest absolute Gasteiger partial charge is 0.445 e. The zero-order chi connectivity index (χ0) is 14.4. The number of nitrogens with zero attached hydrogens (tertiary/aromatic N) is 4. The lowest BCUT2D eigenvalue weighted by Crippen LogP contribution is -2.44. The van der Waals surface area contributed by atoms with Gasteiger partial charge in [0.25, 0.3) is 0 Å². The maximum atomic E-state index is 11.9. The topological polar surface area (TPSA) is 78.3 Å². The fraction of sp³-hybridized carbons (Fsp3) is 0.500. The summed E-state index contributed by atoms with van der Waals surface area (Å²) in [6.07, 6.45) is 1.02. The summed E-state index contributed by atoms with van der Waals surface area (Å²) in [6.45, 7) is 3.31. The van der Waals surface area contributed by atoms with E-state index >= 15 is 0 Å². The predicted octanol–water partition coefficient (Wildman–Crippen LogP) is 3.49. The second-order valence-corrected chi connectivity index (χ2v) is 5.21. The van der Waals surface area contributed by atoms with Crippen LogP contribution in [-0.4, -0.2) is 29.6 Å². The highest BCUT2D eigenvalue weighted by molar-refractivity contribution is 5.67. The quantitative estimate of drug-likeness (QED) is 0.480. The van der Waals surface area contributed by atoms with Crippen LogP contribution in [0.2, 0.25) is 0 Å². The highest BCUT2D eigenvalue weighted by atomic mass is 16.6. The minimum Gasteiger partial charge on any atom is -0.445 e. The van der Waals surface area contributed by atoms with E-state index in [1.165, 1.54) is 0 Å². The van der Waals surface area contributed by atoms with E-state index in [-0.39, 0.29) is 18.2 Å². The van der Waals surface area contributed by atoms with E-state index in [0.29, 0.717) is 25.9 Å². The van der Waals surface area contributed by atoms with Crippen molar-refractivity contribution in [2.45, 2.75) is 31.9 Å². The number of carbonyl (C=O) groups is 1. The molecule has 1 aliphatic rings. The van der Waals surface area contributed by atoms with Crippen LogP contribution in [0.15, 0.2) is 35.4 Å². The number of likely N-dealkylation sites (tertiary alicyclic amines) is 1. The van der Waals surface area contributed by atoms with Gasteiger partial charge in [0.1, 0.15) is 6.61 Å². The number of carbonyl (C=O) groups excluding carboxylic acids is 1. The molecular formula is C14H18N4O2. The number of hydrogen-bond donors (Lipinski definition) is 0. The van der Waals surface area contributed by atoms with Crippen molar-refractivity contribution in [1.82, 2.24) is 4.90 Å². The molecule has 1 aromatic carbocycles. The maximum Gasteiger partial charge on any atom is 0.410 e. The van der Waals surface area contributed by atoms with Gasteiger partial charge in [0.15, 0.2) is 0 Å². The third-order valence-electron chi connectivity index (χ3n) is 3.59. The van der Waals surface area contributed by atoms with Gasteiger partial charge in [-0.05, 0) is 23.9 Å². The van der Waals surface area contributed by atoms with Gasteiger partial charge in [0.2, 0.25) is 0 Å². The van der Waals surface area contributed by atoms with Crippen LogP contribution in [0, 0.1) is 0 Å². The molecule has 0 aliphatic carbocycles. The van der Waals surface area contributed by atoms with Crippen molar-refractivity contribution in [2.24, 2.45) is 5.11 Å². The predicted molar refractivity (Wildman–Crippen MR) is 75.0 cm³/mol. The van der Waals surface area contributed by atoms with Gasteiger partial charge >= 0.3 is 6.09 Å².